The summed E-state index contributed by atoms with van der Waals surface area (Å²) in [5.74, 6) is -1.11. The number of aromatic nitrogens is 1. The van der Waals surface area contributed by atoms with Crippen LogP contribution >= 0.6 is 0 Å². The zero-order valence-corrected chi connectivity index (χ0v) is 8.83. The Morgan fingerprint density at radius 1 is 1.12 bits per heavy atom. The van der Waals surface area contributed by atoms with E-state index < -0.39 is 5.97 Å². The van der Waals surface area contributed by atoms with Crippen LogP contribution in [0.3, 0.4) is 0 Å². The van der Waals surface area contributed by atoms with Crippen LogP contribution in [0.5, 0.6) is 0 Å². The third-order valence-corrected chi connectivity index (χ3v) is 2.39. The molecule has 0 radical (unpaired) electrons. The molecule has 0 aliphatic rings. The molecular weight excluding hydrogens is 218 g/mol. The summed E-state index contributed by atoms with van der Waals surface area (Å²) < 4.78 is 0. The van der Waals surface area contributed by atoms with Gasteiger partial charge in [0.1, 0.15) is 0 Å². The summed E-state index contributed by atoms with van der Waals surface area (Å²) in [4.78, 5) is 25.8. The Kier molecular flexibility index (Phi) is 2.96. The molecule has 4 nitrogen and oxygen atoms in total. The lowest BCUT2D eigenvalue weighted by Gasteiger charge is -2.07. The number of hydrogen-bond acceptors (Lipinski definition) is 3. The minimum absolute atomic E-state index is 0.0539. The van der Waals surface area contributed by atoms with Crippen molar-refractivity contribution in [3.63, 3.8) is 0 Å². The minimum Gasteiger partial charge on any atom is -0.476 e. The summed E-state index contributed by atoms with van der Waals surface area (Å²) in [6, 6.07) is 10.1. The smallest absolute Gasteiger partial charge is 0.355 e. The molecule has 0 atom stereocenters. The average molecular weight is 227 g/mol. The number of benzene rings is 1. The second kappa shape index (κ2) is 4.57. The van der Waals surface area contributed by atoms with Crippen molar-refractivity contribution in [2.24, 2.45) is 0 Å². The van der Waals surface area contributed by atoms with E-state index in [-0.39, 0.29) is 5.69 Å². The Morgan fingerprint density at radius 3 is 2.53 bits per heavy atom. The fraction of sp³-hybridized carbons (Fsp3) is 0. The number of carboxylic acids is 1. The van der Waals surface area contributed by atoms with Gasteiger partial charge in [-0.1, -0.05) is 30.3 Å². The molecule has 0 saturated carbocycles. The zero-order valence-electron chi connectivity index (χ0n) is 8.83. The topological polar surface area (TPSA) is 67.3 Å². The number of aromatic carboxylic acids is 1. The number of hydrogen-bond donors (Lipinski definition) is 1. The molecule has 1 aromatic heterocycles. The summed E-state index contributed by atoms with van der Waals surface area (Å²) in [7, 11) is 0. The molecule has 1 heterocycles. The maximum absolute atomic E-state index is 11.0. The van der Waals surface area contributed by atoms with Gasteiger partial charge in [0.05, 0.1) is 0 Å². The van der Waals surface area contributed by atoms with Crippen LogP contribution in [0, 0.1) is 0 Å². The van der Waals surface area contributed by atoms with Gasteiger partial charge in [-0.05, 0) is 11.6 Å². The fourth-order valence-corrected chi connectivity index (χ4v) is 1.64. The molecule has 0 aliphatic heterocycles. The van der Waals surface area contributed by atoms with Crippen LogP contribution in [-0.2, 0) is 0 Å². The summed E-state index contributed by atoms with van der Waals surface area (Å²) in [6.45, 7) is 0. The molecule has 0 bridgehead atoms. The third-order valence-electron chi connectivity index (χ3n) is 2.39. The van der Waals surface area contributed by atoms with Crippen molar-refractivity contribution in [1.29, 1.82) is 0 Å². The van der Waals surface area contributed by atoms with Crippen molar-refractivity contribution in [2.75, 3.05) is 0 Å². The van der Waals surface area contributed by atoms with E-state index in [0.717, 1.165) is 0 Å². The predicted molar refractivity (Wildman–Crippen MR) is 62.0 cm³/mol. The van der Waals surface area contributed by atoms with E-state index in [1.807, 2.05) is 0 Å². The van der Waals surface area contributed by atoms with Crippen LogP contribution in [0.4, 0.5) is 0 Å². The Morgan fingerprint density at radius 2 is 1.82 bits per heavy atom. The number of pyridine rings is 1. The molecule has 2 rings (SSSR count). The van der Waals surface area contributed by atoms with Crippen LogP contribution in [0.25, 0.3) is 11.1 Å². The zero-order chi connectivity index (χ0) is 12.3. The Balaban J connectivity index is 2.68. The van der Waals surface area contributed by atoms with E-state index in [4.69, 9.17) is 5.11 Å². The molecule has 1 aromatic carbocycles. The third kappa shape index (κ3) is 2.06. The van der Waals surface area contributed by atoms with Gasteiger partial charge in [-0.3, -0.25) is 4.79 Å². The number of carbonyl (C=O) groups excluding carboxylic acids is 1. The van der Waals surface area contributed by atoms with Crippen molar-refractivity contribution in [3.8, 4) is 11.1 Å². The quantitative estimate of drug-likeness (QED) is 0.816. The molecule has 0 unspecified atom stereocenters. The molecule has 84 valence electrons. The Hall–Kier alpha value is -2.49. The van der Waals surface area contributed by atoms with E-state index in [1.54, 1.807) is 36.4 Å². The highest BCUT2D eigenvalue weighted by molar-refractivity contribution is 5.97. The summed E-state index contributed by atoms with van der Waals surface area (Å²) in [6.07, 6.45) is 2.12. The highest BCUT2D eigenvalue weighted by atomic mass is 16.4. The van der Waals surface area contributed by atoms with Gasteiger partial charge in [0.15, 0.2) is 12.0 Å². The maximum atomic E-state index is 11.0. The van der Waals surface area contributed by atoms with Crippen LogP contribution < -0.4 is 0 Å². The molecule has 0 aliphatic carbocycles. The molecule has 17 heavy (non-hydrogen) atoms. The second-order valence-electron chi connectivity index (χ2n) is 3.41. The van der Waals surface area contributed by atoms with Crippen molar-refractivity contribution in [3.05, 3.63) is 53.9 Å². The number of carbonyl (C=O) groups is 2. The molecule has 0 saturated heterocycles. The molecule has 0 spiro atoms. The molecular formula is C13H9NO3. The normalized spacial score (nSPS) is 9.88. The van der Waals surface area contributed by atoms with Gasteiger partial charge in [-0.25, -0.2) is 9.78 Å². The van der Waals surface area contributed by atoms with Crippen LogP contribution in [0.1, 0.15) is 20.8 Å². The van der Waals surface area contributed by atoms with Crippen LogP contribution in [-0.4, -0.2) is 22.3 Å². The SMILES string of the molecule is O=Cc1ccccc1-c1cccnc1C(=O)O. The van der Waals surface area contributed by atoms with Crippen LogP contribution in [0.15, 0.2) is 42.6 Å². The first-order chi connectivity index (χ1) is 8.24. The number of nitrogens with zero attached hydrogens (tertiary/aromatic N) is 1. The van der Waals surface area contributed by atoms with E-state index in [0.29, 0.717) is 23.0 Å². The van der Waals surface area contributed by atoms with Gasteiger partial charge < -0.3 is 5.11 Å². The van der Waals surface area contributed by atoms with Gasteiger partial charge in [-0.2, -0.15) is 0 Å². The lowest BCUT2D eigenvalue weighted by molar-refractivity contribution is 0.0691. The Bertz CT molecular complexity index is 578. The van der Waals surface area contributed by atoms with Crippen LogP contribution in [0.2, 0.25) is 0 Å². The maximum Gasteiger partial charge on any atom is 0.355 e. The average Bonchev–Trinajstić information content (AvgIpc) is 2.38. The highest BCUT2D eigenvalue weighted by Crippen LogP contribution is 2.24. The van der Waals surface area contributed by atoms with Gasteiger partial charge in [0, 0.05) is 17.3 Å². The van der Waals surface area contributed by atoms with Gasteiger partial charge in [0.25, 0.3) is 0 Å². The number of rotatable bonds is 3. The first kappa shape index (κ1) is 11.0. The van der Waals surface area contributed by atoms with Gasteiger partial charge in [0.2, 0.25) is 0 Å². The lowest BCUT2D eigenvalue weighted by atomic mass is 9.99. The summed E-state index contributed by atoms with van der Waals surface area (Å²) >= 11 is 0. The second-order valence-corrected chi connectivity index (χ2v) is 3.41. The first-order valence-electron chi connectivity index (χ1n) is 4.97. The number of aldehydes is 1. The highest BCUT2D eigenvalue weighted by Gasteiger charge is 2.14. The van der Waals surface area contributed by atoms with E-state index >= 15 is 0 Å². The minimum atomic E-state index is -1.11. The van der Waals surface area contributed by atoms with Crippen molar-refractivity contribution < 1.29 is 14.7 Å². The lowest BCUT2D eigenvalue weighted by Crippen LogP contribution is -2.03. The first-order valence-corrected chi connectivity index (χ1v) is 4.97. The fourth-order valence-electron chi connectivity index (χ4n) is 1.64. The molecule has 0 amide bonds. The molecule has 2 aromatic rings. The largest absolute Gasteiger partial charge is 0.476 e. The number of carboxylic acid groups (broad SMARTS) is 1. The van der Waals surface area contributed by atoms with E-state index in [9.17, 15) is 9.59 Å². The standard InChI is InChI=1S/C13H9NO3/c15-8-9-4-1-2-5-10(9)11-6-3-7-14-12(11)13(16)17/h1-8H,(H,16,17). The van der Waals surface area contributed by atoms with Crippen molar-refractivity contribution in [2.45, 2.75) is 0 Å². The van der Waals surface area contributed by atoms with Gasteiger partial charge in [-0.15, -0.1) is 0 Å². The van der Waals surface area contributed by atoms with Gasteiger partial charge >= 0.3 is 5.97 Å². The van der Waals surface area contributed by atoms with E-state index in [1.165, 1.54) is 6.20 Å². The van der Waals surface area contributed by atoms with E-state index in [2.05, 4.69) is 4.98 Å². The van der Waals surface area contributed by atoms with Crippen molar-refractivity contribution >= 4 is 12.3 Å². The molecule has 4 heteroatoms. The summed E-state index contributed by atoms with van der Waals surface area (Å²) in [5, 5.41) is 9.04. The Labute approximate surface area is 97.6 Å². The molecule has 0 fully saturated rings. The van der Waals surface area contributed by atoms with Crippen molar-refractivity contribution in [1.82, 2.24) is 4.98 Å². The monoisotopic (exact) mass is 227 g/mol. The molecule has 1 N–H and O–H groups in total. The summed E-state index contributed by atoms with van der Waals surface area (Å²) in [5.41, 5.74) is 1.42. The predicted octanol–water partition coefficient (Wildman–Crippen LogP) is 2.26.